The largest absolute Gasteiger partial charge is 0.419 e. The van der Waals surface area contributed by atoms with Crippen molar-refractivity contribution in [3.63, 3.8) is 0 Å². The smallest absolute Gasteiger partial charge is 0.323 e. The van der Waals surface area contributed by atoms with Gasteiger partial charge in [-0.15, -0.1) is 12.4 Å². The van der Waals surface area contributed by atoms with Gasteiger partial charge < -0.3 is 11.1 Å². The molecule has 0 aliphatic heterocycles. The number of nitrogens with one attached hydrogen (secondary N) is 1. The number of hydrogen-bond acceptors (Lipinski definition) is 4. The van der Waals surface area contributed by atoms with Gasteiger partial charge in [-0.05, 0) is 25.3 Å². The highest BCUT2D eigenvalue weighted by molar-refractivity contribution is 5.98. The average molecular weight is 321 g/mol. The van der Waals surface area contributed by atoms with Crippen LogP contribution in [0.4, 0.5) is 18.9 Å². The molecule has 114 valence electrons. The summed E-state index contributed by atoms with van der Waals surface area (Å²) in [6.45, 7) is 0. The van der Waals surface area contributed by atoms with Crippen LogP contribution >= 0.6 is 12.4 Å². The SMILES string of the molecule is Cl.N#Cc1ncc(NC(=O)C2(N)CCC2)cc1C(F)(F)F. The van der Waals surface area contributed by atoms with Gasteiger partial charge in [-0.3, -0.25) is 4.79 Å². The van der Waals surface area contributed by atoms with Gasteiger partial charge in [0, 0.05) is 0 Å². The van der Waals surface area contributed by atoms with Crippen LogP contribution in [0.5, 0.6) is 0 Å². The summed E-state index contributed by atoms with van der Waals surface area (Å²) in [5.74, 6) is -0.539. The molecule has 5 nitrogen and oxygen atoms in total. The first-order valence-corrected chi connectivity index (χ1v) is 5.84. The van der Waals surface area contributed by atoms with Crippen molar-refractivity contribution < 1.29 is 18.0 Å². The van der Waals surface area contributed by atoms with Gasteiger partial charge >= 0.3 is 6.18 Å². The van der Waals surface area contributed by atoms with Crippen molar-refractivity contribution in [1.29, 1.82) is 5.26 Å². The van der Waals surface area contributed by atoms with Gasteiger partial charge in [-0.1, -0.05) is 0 Å². The molecule has 1 heterocycles. The highest BCUT2D eigenvalue weighted by Crippen LogP contribution is 2.34. The van der Waals surface area contributed by atoms with E-state index in [0.29, 0.717) is 18.9 Å². The van der Waals surface area contributed by atoms with Gasteiger partial charge in [0.05, 0.1) is 23.0 Å². The molecule has 1 amide bonds. The molecule has 1 aliphatic rings. The molecule has 1 aliphatic carbocycles. The Labute approximate surface area is 124 Å². The van der Waals surface area contributed by atoms with E-state index in [2.05, 4.69) is 10.3 Å². The summed E-state index contributed by atoms with van der Waals surface area (Å²) in [7, 11) is 0. The summed E-state index contributed by atoms with van der Waals surface area (Å²) in [5, 5.41) is 10.9. The maximum Gasteiger partial charge on any atom is 0.419 e. The maximum atomic E-state index is 12.7. The molecule has 9 heteroatoms. The van der Waals surface area contributed by atoms with Crippen molar-refractivity contribution in [2.45, 2.75) is 31.0 Å². The van der Waals surface area contributed by atoms with Gasteiger partial charge in [-0.25, -0.2) is 4.98 Å². The summed E-state index contributed by atoms with van der Waals surface area (Å²) >= 11 is 0. The number of carbonyl (C=O) groups excluding carboxylic acids is 1. The molecule has 2 rings (SSSR count). The lowest BCUT2D eigenvalue weighted by atomic mass is 9.77. The summed E-state index contributed by atoms with van der Waals surface area (Å²) in [6, 6.07) is 2.05. The van der Waals surface area contributed by atoms with E-state index in [0.717, 1.165) is 12.6 Å². The number of carbonyl (C=O) groups is 1. The molecule has 0 radical (unpaired) electrons. The molecule has 0 aromatic carbocycles. The lowest BCUT2D eigenvalue weighted by molar-refractivity contribution is -0.138. The van der Waals surface area contributed by atoms with E-state index in [-0.39, 0.29) is 18.1 Å². The van der Waals surface area contributed by atoms with Gasteiger partial charge in [0.15, 0.2) is 5.69 Å². The van der Waals surface area contributed by atoms with Crippen LogP contribution in [-0.2, 0) is 11.0 Å². The molecular formula is C12H12ClF3N4O. The van der Waals surface area contributed by atoms with Crippen molar-refractivity contribution >= 4 is 24.0 Å². The fourth-order valence-corrected chi connectivity index (χ4v) is 1.88. The predicted molar refractivity (Wildman–Crippen MR) is 70.6 cm³/mol. The quantitative estimate of drug-likeness (QED) is 0.874. The van der Waals surface area contributed by atoms with Crippen LogP contribution in [0.25, 0.3) is 0 Å². The Kier molecular flexibility index (Phi) is 4.81. The molecule has 3 N–H and O–H groups in total. The summed E-state index contributed by atoms with van der Waals surface area (Å²) in [5.41, 5.74) is 2.70. The zero-order valence-corrected chi connectivity index (χ0v) is 11.5. The first kappa shape index (κ1) is 17.2. The number of halogens is 4. The molecule has 0 bridgehead atoms. The summed E-state index contributed by atoms with van der Waals surface area (Å²) in [6.07, 6.45) is -1.91. The maximum absolute atomic E-state index is 12.7. The van der Waals surface area contributed by atoms with E-state index < -0.39 is 28.9 Å². The normalized spacial score (nSPS) is 16.1. The minimum Gasteiger partial charge on any atom is -0.323 e. The van der Waals surface area contributed by atoms with Crippen molar-refractivity contribution in [2.75, 3.05) is 5.32 Å². The number of anilines is 1. The number of hydrogen-bond donors (Lipinski definition) is 2. The van der Waals surface area contributed by atoms with Crippen LogP contribution in [-0.4, -0.2) is 16.4 Å². The van der Waals surface area contributed by atoms with E-state index in [9.17, 15) is 18.0 Å². The third kappa shape index (κ3) is 3.43. The Hall–Kier alpha value is -1.85. The zero-order valence-electron chi connectivity index (χ0n) is 10.7. The van der Waals surface area contributed by atoms with E-state index in [1.54, 1.807) is 0 Å². The van der Waals surface area contributed by atoms with Crippen molar-refractivity contribution in [3.8, 4) is 6.07 Å². The van der Waals surface area contributed by atoms with Crippen LogP contribution < -0.4 is 11.1 Å². The van der Waals surface area contributed by atoms with E-state index >= 15 is 0 Å². The number of amides is 1. The van der Waals surface area contributed by atoms with Crippen molar-refractivity contribution in [1.82, 2.24) is 4.98 Å². The first-order valence-electron chi connectivity index (χ1n) is 5.84. The number of pyridine rings is 1. The molecule has 0 unspecified atom stereocenters. The number of nitriles is 1. The highest BCUT2D eigenvalue weighted by atomic mass is 35.5. The number of alkyl halides is 3. The number of nitrogens with zero attached hydrogens (tertiary/aromatic N) is 2. The Morgan fingerprint density at radius 3 is 2.52 bits per heavy atom. The molecule has 21 heavy (non-hydrogen) atoms. The summed E-state index contributed by atoms with van der Waals surface area (Å²) < 4.78 is 38.2. The Morgan fingerprint density at radius 1 is 1.48 bits per heavy atom. The Balaban J connectivity index is 0.00000220. The van der Waals surface area contributed by atoms with Gasteiger partial charge in [-0.2, -0.15) is 18.4 Å². The third-order valence-electron chi connectivity index (χ3n) is 3.25. The Morgan fingerprint density at radius 2 is 2.10 bits per heavy atom. The van der Waals surface area contributed by atoms with Crippen LogP contribution in [0.15, 0.2) is 12.3 Å². The lowest BCUT2D eigenvalue weighted by Gasteiger charge is -2.36. The van der Waals surface area contributed by atoms with E-state index in [4.69, 9.17) is 11.0 Å². The third-order valence-corrected chi connectivity index (χ3v) is 3.25. The molecule has 1 aromatic rings. The van der Waals surface area contributed by atoms with E-state index in [1.807, 2.05) is 0 Å². The lowest BCUT2D eigenvalue weighted by Crippen LogP contribution is -2.56. The Bertz CT molecular complexity index is 593. The molecular weight excluding hydrogens is 309 g/mol. The standard InChI is InChI=1S/C12H11F3N4O.ClH/c13-12(14,15)8-4-7(6-18-9(8)5-16)19-10(20)11(17)2-1-3-11;/h4,6H,1-3,17H2,(H,19,20);1H. The van der Waals surface area contributed by atoms with Crippen LogP contribution in [0.3, 0.4) is 0 Å². The monoisotopic (exact) mass is 320 g/mol. The minimum atomic E-state index is -4.71. The number of rotatable bonds is 2. The second-order valence-electron chi connectivity index (χ2n) is 4.69. The predicted octanol–water partition coefficient (Wildman–Crippen LogP) is 2.21. The average Bonchev–Trinajstić information content (AvgIpc) is 2.34. The fourth-order valence-electron chi connectivity index (χ4n) is 1.88. The van der Waals surface area contributed by atoms with Gasteiger partial charge in [0.2, 0.25) is 5.91 Å². The molecule has 1 aromatic heterocycles. The molecule has 0 spiro atoms. The van der Waals surface area contributed by atoms with Crippen molar-refractivity contribution in [3.05, 3.63) is 23.5 Å². The number of aromatic nitrogens is 1. The van der Waals surface area contributed by atoms with E-state index in [1.165, 1.54) is 6.07 Å². The van der Waals surface area contributed by atoms with Crippen LogP contribution in [0.2, 0.25) is 0 Å². The second-order valence-corrected chi connectivity index (χ2v) is 4.69. The van der Waals surface area contributed by atoms with Gasteiger partial charge in [0.1, 0.15) is 6.07 Å². The van der Waals surface area contributed by atoms with Crippen molar-refractivity contribution in [2.24, 2.45) is 5.73 Å². The molecule has 1 fully saturated rings. The molecule has 0 atom stereocenters. The second kappa shape index (κ2) is 5.87. The topological polar surface area (TPSA) is 91.8 Å². The zero-order chi connectivity index (χ0) is 15.0. The minimum absolute atomic E-state index is 0. The van der Waals surface area contributed by atoms with Crippen LogP contribution in [0, 0.1) is 11.3 Å². The van der Waals surface area contributed by atoms with Crippen LogP contribution in [0.1, 0.15) is 30.5 Å². The molecule has 0 saturated heterocycles. The highest BCUT2D eigenvalue weighted by Gasteiger charge is 2.40. The first-order chi connectivity index (χ1) is 9.26. The fraction of sp³-hybridized carbons (Fsp3) is 0.417. The number of nitrogens with two attached hydrogens (primary N) is 1. The molecule has 1 saturated carbocycles. The van der Waals surface area contributed by atoms with Gasteiger partial charge in [0.25, 0.3) is 0 Å². The summed E-state index contributed by atoms with van der Waals surface area (Å²) in [4.78, 5) is 15.2.